The molecular formula is C13H12FN5O. The van der Waals surface area contributed by atoms with Crippen LogP contribution in [0, 0.1) is 5.82 Å². The Kier molecular flexibility index (Phi) is 2.94. The molecule has 0 bridgehead atoms. The Bertz CT molecular complexity index is 771. The van der Waals surface area contributed by atoms with E-state index in [1.54, 1.807) is 18.2 Å². The van der Waals surface area contributed by atoms with E-state index in [1.807, 2.05) is 0 Å². The number of rotatable bonds is 3. The van der Waals surface area contributed by atoms with Crippen LogP contribution in [0.3, 0.4) is 0 Å². The molecule has 20 heavy (non-hydrogen) atoms. The lowest BCUT2D eigenvalue weighted by atomic mass is 10.1. The average molecular weight is 273 g/mol. The van der Waals surface area contributed by atoms with E-state index < -0.39 is 0 Å². The molecular weight excluding hydrogens is 261 g/mol. The maximum atomic E-state index is 13.5. The van der Waals surface area contributed by atoms with Crippen LogP contribution in [0.25, 0.3) is 5.78 Å². The van der Waals surface area contributed by atoms with E-state index >= 15 is 0 Å². The van der Waals surface area contributed by atoms with E-state index in [0.29, 0.717) is 24.1 Å². The Morgan fingerprint density at radius 2 is 2.00 bits per heavy atom. The third kappa shape index (κ3) is 2.25. The highest BCUT2D eigenvalue weighted by atomic mass is 19.1. The van der Waals surface area contributed by atoms with Crippen molar-refractivity contribution in [3.63, 3.8) is 0 Å². The Balaban J connectivity index is 1.86. The highest BCUT2D eigenvalue weighted by molar-refractivity contribution is 5.38. The summed E-state index contributed by atoms with van der Waals surface area (Å²) in [6.07, 6.45) is 0.969. The van der Waals surface area contributed by atoms with Crippen molar-refractivity contribution in [1.82, 2.24) is 19.6 Å². The summed E-state index contributed by atoms with van der Waals surface area (Å²) in [6, 6.07) is 8.05. The van der Waals surface area contributed by atoms with Crippen molar-refractivity contribution in [2.75, 3.05) is 5.73 Å². The molecule has 0 aliphatic heterocycles. The van der Waals surface area contributed by atoms with Gasteiger partial charge in [-0.2, -0.15) is 9.50 Å². The first-order chi connectivity index (χ1) is 9.63. The summed E-state index contributed by atoms with van der Waals surface area (Å²) in [6.45, 7) is 0. The number of nitrogens with zero attached hydrogens (tertiary/aromatic N) is 4. The maximum Gasteiger partial charge on any atom is 0.257 e. The zero-order valence-corrected chi connectivity index (χ0v) is 10.5. The third-order valence-electron chi connectivity index (χ3n) is 2.97. The van der Waals surface area contributed by atoms with Crippen LogP contribution in [-0.2, 0) is 12.8 Å². The maximum absolute atomic E-state index is 13.5. The Hall–Kier alpha value is -2.70. The van der Waals surface area contributed by atoms with E-state index in [4.69, 9.17) is 5.73 Å². The SMILES string of the molecule is Nc1nc2nc(CCc3ccccc3F)cc(O)n2n1. The van der Waals surface area contributed by atoms with Crippen LogP contribution in [0.2, 0.25) is 0 Å². The predicted molar refractivity (Wildman–Crippen MR) is 70.7 cm³/mol. The van der Waals surface area contributed by atoms with Gasteiger partial charge in [-0.1, -0.05) is 18.2 Å². The molecule has 0 fully saturated rings. The van der Waals surface area contributed by atoms with Gasteiger partial charge in [-0.05, 0) is 24.5 Å². The monoisotopic (exact) mass is 273 g/mol. The Morgan fingerprint density at radius 1 is 1.20 bits per heavy atom. The highest BCUT2D eigenvalue weighted by Gasteiger charge is 2.09. The van der Waals surface area contributed by atoms with Gasteiger partial charge in [0.05, 0.1) is 5.69 Å². The molecule has 6 nitrogen and oxygen atoms in total. The fourth-order valence-electron chi connectivity index (χ4n) is 2.01. The highest BCUT2D eigenvalue weighted by Crippen LogP contribution is 2.15. The fraction of sp³-hybridized carbons (Fsp3) is 0.154. The number of aryl methyl sites for hydroxylation is 2. The van der Waals surface area contributed by atoms with Crippen molar-refractivity contribution in [3.05, 3.63) is 47.4 Å². The summed E-state index contributed by atoms with van der Waals surface area (Å²) in [4.78, 5) is 8.12. The Morgan fingerprint density at radius 3 is 2.80 bits per heavy atom. The van der Waals surface area contributed by atoms with Crippen LogP contribution in [-0.4, -0.2) is 24.7 Å². The summed E-state index contributed by atoms with van der Waals surface area (Å²) in [5.74, 6) is -0.0719. The van der Waals surface area contributed by atoms with Gasteiger partial charge >= 0.3 is 0 Å². The molecule has 3 N–H and O–H groups in total. The van der Waals surface area contributed by atoms with Gasteiger partial charge in [0, 0.05) is 6.07 Å². The summed E-state index contributed by atoms with van der Waals surface area (Å²) >= 11 is 0. The molecule has 0 atom stereocenters. The molecule has 0 saturated heterocycles. The molecule has 0 spiro atoms. The van der Waals surface area contributed by atoms with Gasteiger partial charge in [0.15, 0.2) is 0 Å². The first kappa shape index (κ1) is 12.3. The molecule has 0 radical (unpaired) electrons. The molecule has 0 aliphatic rings. The van der Waals surface area contributed by atoms with Gasteiger partial charge in [-0.15, -0.1) is 5.10 Å². The second kappa shape index (κ2) is 4.76. The normalized spacial score (nSPS) is 11.1. The van der Waals surface area contributed by atoms with E-state index in [-0.39, 0.29) is 23.4 Å². The second-order valence-corrected chi connectivity index (χ2v) is 4.38. The first-order valence-electron chi connectivity index (χ1n) is 6.08. The van der Waals surface area contributed by atoms with Crippen LogP contribution in [0.5, 0.6) is 5.88 Å². The summed E-state index contributed by atoms with van der Waals surface area (Å²) < 4.78 is 14.7. The third-order valence-corrected chi connectivity index (χ3v) is 2.97. The van der Waals surface area contributed by atoms with Crippen LogP contribution >= 0.6 is 0 Å². The van der Waals surface area contributed by atoms with Gasteiger partial charge < -0.3 is 10.8 Å². The standard InChI is InChI=1S/C13H12FN5O/c14-10-4-2-1-3-8(10)5-6-9-7-11(20)19-13(16-9)17-12(15)18-19/h1-4,7,20H,5-6H2,(H2,15,18). The number of anilines is 1. The lowest BCUT2D eigenvalue weighted by Gasteiger charge is -2.04. The Labute approximate surface area is 113 Å². The van der Waals surface area contributed by atoms with Crippen molar-refractivity contribution in [2.45, 2.75) is 12.8 Å². The smallest absolute Gasteiger partial charge is 0.257 e. The molecule has 0 amide bonds. The molecule has 102 valence electrons. The number of benzene rings is 1. The number of hydrogen-bond acceptors (Lipinski definition) is 5. The minimum Gasteiger partial charge on any atom is -0.493 e. The minimum absolute atomic E-state index is 0.0408. The quantitative estimate of drug-likeness (QED) is 0.751. The number of halogens is 1. The predicted octanol–water partition coefficient (Wildman–Crippen LogP) is 1.34. The molecule has 3 aromatic rings. The molecule has 3 rings (SSSR count). The largest absolute Gasteiger partial charge is 0.493 e. The van der Waals surface area contributed by atoms with Gasteiger partial charge in [-0.25, -0.2) is 9.37 Å². The number of aromatic nitrogens is 4. The van der Waals surface area contributed by atoms with Crippen LogP contribution in [0.15, 0.2) is 30.3 Å². The lowest BCUT2D eigenvalue weighted by Crippen LogP contribution is -2.00. The fourth-order valence-corrected chi connectivity index (χ4v) is 2.01. The summed E-state index contributed by atoms with van der Waals surface area (Å²) in [5, 5.41) is 13.6. The van der Waals surface area contributed by atoms with Crippen molar-refractivity contribution in [2.24, 2.45) is 0 Å². The molecule has 0 unspecified atom stereocenters. The van der Waals surface area contributed by atoms with Crippen LogP contribution in [0.1, 0.15) is 11.3 Å². The topological polar surface area (TPSA) is 89.3 Å². The molecule has 2 aromatic heterocycles. The van der Waals surface area contributed by atoms with Gasteiger partial charge in [0.2, 0.25) is 11.8 Å². The number of hydrogen-bond donors (Lipinski definition) is 2. The van der Waals surface area contributed by atoms with Gasteiger partial charge in [-0.3, -0.25) is 0 Å². The zero-order valence-electron chi connectivity index (χ0n) is 10.5. The van der Waals surface area contributed by atoms with Gasteiger partial charge in [0.25, 0.3) is 5.78 Å². The molecule has 1 aromatic carbocycles. The number of fused-ring (bicyclic) bond motifs is 1. The number of nitrogen functional groups attached to an aromatic ring is 1. The minimum atomic E-state index is -0.246. The number of nitrogens with two attached hydrogens (primary N) is 1. The van der Waals surface area contributed by atoms with E-state index in [2.05, 4.69) is 15.1 Å². The van der Waals surface area contributed by atoms with E-state index in [0.717, 1.165) is 4.52 Å². The first-order valence-corrected chi connectivity index (χ1v) is 6.08. The molecule has 0 saturated carbocycles. The average Bonchev–Trinajstić information content (AvgIpc) is 2.79. The van der Waals surface area contributed by atoms with Crippen molar-refractivity contribution < 1.29 is 9.50 Å². The molecule has 7 heteroatoms. The van der Waals surface area contributed by atoms with Crippen molar-refractivity contribution >= 4 is 11.7 Å². The van der Waals surface area contributed by atoms with Crippen LogP contribution < -0.4 is 5.73 Å². The number of aromatic hydroxyl groups is 1. The van der Waals surface area contributed by atoms with E-state index in [1.165, 1.54) is 12.1 Å². The van der Waals surface area contributed by atoms with Crippen molar-refractivity contribution in [1.29, 1.82) is 0 Å². The van der Waals surface area contributed by atoms with Crippen LogP contribution in [0.4, 0.5) is 10.3 Å². The zero-order chi connectivity index (χ0) is 14.1. The molecule has 2 heterocycles. The van der Waals surface area contributed by atoms with E-state index in [9.17, 15) is 9.50 Å². The van der Waals surface area contributed by atoms with Crippen molar-refractivity contribution in [3.8, 4) is 5.88 Å². The summed E-state index contributed by atoms with van der Waals surface area (Å²) in [7, 11) is 0. The van der Waals surface area contributed by atoms with Gasteiger partial charge in [0.1, 0.15) is 5.82 Å². The second-order valence-electron chi connectivity index (χ2n) is 4.38. The lowest BCUT2D eigenvalue weighted by molar-refractivity contribution is 0.434. The summed E-state index contributed by atoms with van der Waals surface area (Å²) in [5.41, 5.74) is 6.66. The molecule has 0 aliphatic carbocycles.